The highest BCUT2D eigenvalue weighted by Crippen LogP contribution is 2.23. The Balaban J connectivity index is 1.95. The molecule has 112 valence electrons. The monoisotopic (exact) mass is 278 g/mol. The van der Waals surface area contributed by atoms with Crippen molar-refractivity contribution in [3.05, 3.63) is 35.6 Å². The van der Waals surface area contributed by atoms with Crippen LogP contribution in [0.1, 0.15) is 33.3 Å². The third-order valence-electron chi connectivity index (χ3n) is 4.32. The van der Waals surface area contributed by atoms with E-state index < -0.39 is 0 Å². The summed E-state index contributed by atoms with van der Waals surface area (Å²) in [7, 11) is 0. The first-order valence-electron chi connectivity index (χ1n) is 7.58. The maximum Gasteiger partial charge on any atom is 0.123 e. The van der Waals surface area contributed by atoms with Crippen LogP contribution in [0.4, 0.5) is 4.39 Å². The number of hydrogen-bond acceptors (Lipinski definition) is 2. The summed E-state index contributed by atoms with van der Waals surface area (Å²) in [6.07, 6.45) is 0.983. The highest BCUT2D eigenvalue weighted by Gasteiger charge is 2.30. The first-order valence-corrected chi connectivity index (χ1v) is 7.58. The quantitative estimate of drug-likeness (QED) is 0.914. The van der Waals surface area contributed by atoms with E-state index in [1.165, 1.54) is 5.56 Å². The topological polar surface area (TPSA) is 15.3 Å². The first kappa shape index (κ1) is 15.5. The summed E-state index contributed by atoms with van der Waals surface area (Å²) in [5.41, 5.74) is 1.50. The minimum absolute atomic E-state index is 0.156. The van der Waals surface area contributed by atoms with Gasteiger partial charge in [-0.3, -0.25) is 4.90 Å². The van der Waals surface area contributed by atoms with Crippen molar-refractivity contribution in [2.24, 2.45) is 5.41 Å². The summed E-state index contributed by atoms with van der Waals surface area (Å²) < 4.78 is 12.9. The predicted molar refractivity (Wildman–Crippen MR) is 82.4 cm³/mol. The fourth-order valence-corrected chi connectivity index (χ4v) is 2.84. The van der Waals surface area contributed by atoms with Crippen molar-refractivity contribution in [3.63, 3.8) is 0 Å². The normalized spacial score (nSPS) is 22.8. The largest absolute Gasteiger partial charge is 0.311 e. The lowest BCUT2D eigenvalue weighted by atomic mass is 9.85. The summed E-state index contributed by atoms with van der Waals surface area (Å²) >= 11 is 0. The molecule has 0 bridgehead atoms. The molecular weight excluding hydrogens is 251 g/mol. The molecule has 0 amide bonds. The van der Waals surface area contributed by atoms with E-state index >= 15 is 0 Å². The van der Waals surface area contributed by atoms with Crippen LogP contribution in [-0.2, 0) is 6.42 Å². The average molecular weight is 278 g/mol. The van der Waals surface area contributed by atoms with Crippen LogP contribution in [-0.4, -0.2) is 36.6 Å². The summed E-state index contributed by atoms with van der Waals surface area (Å²) in [5.74, 6) is -0.156. The Bertz CT molecular complexity index is 422. The molecule has 2 nitrogen and oxygen atoms in total. The number of piperazine rings is 1. The second-order valence-electron chi connectivity index (χ2n) is 7.05. The van der Waals surface area contributed by atoms with Gasteiger partial charge in [0.2, 0.25) is 0 Å². The number of halogens is 1. The standard InChI is InChI=1S/C17H27FN2/c1-13(11-14-5-7-15(18)8-6-14)20-10-9-19-16(12-20)17(2,3)4/h5-8,13,16,19H,9-12H2,1-4H3. The maximum absolute atomic E-state index is 12.9. The van der Waals surface area contributed by atoms with E-state index in [0.717, 1.165) is 26.1 Å². The number of hydrogen-bond donors (Lipinski definition) is 1. The van der Waals surface area contributed by atoms with Crippen molar-refractivity contribution in [3.8, 4) is 0 Å². The van der Waals surface area contributed by atoms with Gasteiger partial charge in [0.25, 0.3) is 0 Å². The minimum atomic E-state index is -0.156. The lowest BCUT2D eigenvalue weighted by Gasteiger charge is -2.43. The van der Waals surface area contributed by atoms with Gasteiger partial charge in [0.15, 0.2) is 0 Å². The van der Waals surface area contributed by atoms with Crippen LogP contribution in [0.2, 0.25) is 0 Å². The Kier molecular flexibility index (Phi) is 4.82. The van der Waals surface area contributed by atoms with E-state index in [1.54, 1.807) is 12.1 Å². The van der Waals surface area contributed by atoms with Gasteiger partial charge in [-0.05, 0) is 36.5 Å². The molecule has 2 atom stereocenters. The van der Waals surface area contributed by atoms with Crippen LogP contribution in [0.15, 0.2) is 24.3 Å². The summed E-state index contributed by atoms with van der Waals surface area (Å²) in [5, 5.41) is 3.62. The zero-order valence-electron chi connectivity index (χ0n) is 13.1. The van der Waals surface area contributed by atoms with Crippen LogP contribution < -0.4 is 5.32 Å². The molecule has 0 aliphatic carbocycles. The number of nitrogens with one attached hydrogen (secondary N) is 1. The highest BCUT2D eigenvalue weighted by atomic mass is 19.1. The van der Waals surface area contributed by atoms with E-state index in [0.29, 0.717) is 12.1 Å². The molecule has 0 aromatic heterocycles. The van der Waals surface area contributed by atoms with E-state index in [-0.39, 0.29) is 11.2 Å². The fraction of sp³-hybridized carbons (Fsp3) is 0.647. The molecule has 1 aromatic rings. The zero-order valence-corrected chi connectivity index (χ0v) is 13.1. The first-order chi connectivity index (χ1) is 9.36. The molecule has 2 rings (SSSR count). The molecule has 1 saturated heterocycles. The van der Waals surface area contributed by atoms with Crippen molar-refractivity contribution >= 4 is 0 Å². The summed E-state index contributed by atoms with van der Waals surface area (Å²) in [4.78, 5) is 2.55. The third-order valence-corrected chi connectivity index (χ3v) is 4.32. The molecule has 1 fully saturated rings. The van der Waals surface area contributed by atoms with Gasteiger partial charge in [-0.1, -0.05) is 32.9 Å². The van der Waals surface area contributed by atoms with Crippen LogP contribution in [0, 0.1) is 11.2 Å². The fourth-order valence-electron chi connectivity index (χ4n) is 2.84. The highest BCUT2D eigenvalue weighted by molar-refractivity contribution is 5.17. The Morgan fingerprint density at radius 3 is 2.55 bits per heavy atom. The van der Waals surface area contributed by atoms with Gasteiger partial charge in [-0.2, -0.15) is 0 Å². The molecular formula is C17H27FN2. The SMILES string of the molecule is CC(Cc1ccc(F)cc1)N1CCNC(C(C)(C)C)C1. The third kappa shape index (κ3) is 4.03. The van der Waals surface area contributed by atoms with Gasteiger partial charge in [0.1, 0.15) is 5.82 Å². The van der Waals surface area contributed by atoms with E-state index in [9.17, 15) is 4.39 Å². The van der Waals surface area contributed by atoms with Gasteiger partial charge in [-0.15, -0.1) is 0 Å². The average Bonchev–Trinajstić information content (AvgIpc) is 2.40. The van der Waals surface area contributed by atoms with Crippen LogP contribution in [0.3, 0.4) is 0 Å². The Morgan fingerprint density at radius 1 is 1.30 bits per heavy atom. The van der Waals surface area contributed by atoms with Crippen LogP contribution in [0.5, 0.6) is 0 Å². The number of nitrogens with zero attached hydrogens (tertiary/aromatic N) is 1. The summed E-state index contributed by atoms with van der Waals surface area (Å²) in [6.45, 7) is 12.4. The number of benzene rings is 1. The summed E-state index contributed by atoms with van der Waals surface area (Å²) in [6, 6.07) is 7.93. The van der Waals surface area contributed by atoms with Gasteiger partial charge >= 0.3 is 0 Å². The molecule has 20 heavy (non-hydrogen) atoms. The second kappa shape index (κ2) is 6.23. The van der Waals surface area contributed by atoms with Crippen molar-refractivity contribution in [1.29, 1.82) is 0 Å². The molecule has 3 heteroatoms. The molecule has 0 radical (unpaired) electrons. The van der Waals surface area contributed by atoms with Gasteiger partial charge in [-0.25, -0.2) is 4.39 Å². The van der Waals surface area contributed by atoms with E-state index in [1.807, 2.05) is 12.1 Å². The van der Waals surface area contributed by atoms with E-state index in [2.05, 4.69) is 37.9 Å². The van der Waals surface area contributed by atoms with E-state index in [4.69, 9.17) is 0 Å². The van der Waals surface area contributed by atoms with Crippen LogP contribution in [0.25, 0.3) is 0 Å². The Hall–Kier alpha value is -0.930. The lowest BCUT2D eigenvalue weighted by molar-refractivity contribution is 0.104. The molecule has 1 aliphatic rings. The molecule has 1 N–H and O–H groups in total. The lowest BCUT2D eigenvalue weighted by Crippen LogP contribution is -2.58. The zero-order chi connectivity index (χ0) is 14.8. The second-order valence-corrected chi connectivity index (χ2v) is 7.05. The van der Waals surface area contributed by atoms with Gasteiger partial charge in [0, 0.05) is 31.7 Å². The van der Waals surface area contributed by atoms with Crippen molar-refractivity contribution < 1.29 is 4.39 Å². The Morgan fingerprint density at radius 2 is 1.95 bits per heavy atom. The molecule has 1 aliphatic heterocycles. The molecule has 0 spiro atoms. The molecule has 2 unspecified atom stereocenters. The molecule has 0 saturated carbocycles. The smallest absolute Gasteiger partial charge is 0.123 e. The van der Waals surface area contributed by atoms with Gasteiger partial charge < -0.3 is 5.32 Å². The van der Waals surface area contributed by atoms with Crippen molar-refractivity contribution in [2.75, 3.05) is 19.6 Å². The van der Waals surface area contributed by atoms with Crippen LogP contribution >= 0.6 is 0 Å². The maximum atomic E-state index is 12.9. The minimum Gasteiger partial charge on any atom is -0.311 e. The molecule has 1 aromatic carbocycles. The van der Waals surface area contributed by atoms with Gasteiger partial charge in [0.05, 0.1) is 0 Å². The Labute approximate surface area is 122 Å². The van der Waals surface area contributed by atoms with Crippen molar-refractivity contribution in [2.45, 2.75) is 46.2 Å². The molecule has 1 heterocycles. The van der Waals surface area contributed by atoms with Crippen molar-refractivity contribution in [1.82, 2.24) is 10.2 Å². The number of rotatable bonds is 3. The predicted octanol–water partition coefficient (Wildman–Crippen LogP) is 3.08.